The van der Waals surface area contributed by atoms with Gasteiger partial charge in [0.05, 0.1) is 0 Å². The minimum Gasteiger partial charge on any atom is -0.367 e. The molecule has 0 unspecified atom stereocenters. The molecule has 0 heterocycles. The number of carbonyl (C=O) groups is 1. The second kappa shape index (κ2) is 9.46. The molecule has 0 fully saturated rings. The third kappa shape index (κ3) is 7.36. The van der Waals surface area contributed by atoms with Gasteiger partial charge in [-0.25, -0.2) is 4.79 Å². The number of hydrogen-bond acceptors (Lipinski definition) is 3. The van der Waals surface area contributed by atoms with Gasteiger partial charge >= 0.3 is 5.97 Å². The Labute approximate surface area is 72.3 Å². The van der Waals surface area contributed by atoms with Crippen molar-refractivity contribution in [1.29, 1.82) is 0 Å². The van der Waals surface area contributed by atoms with Gasteiger partial charge in [0.1, 0.15) is 0 Å². The first-order valence-electron chi connectivity index (χ1n) is 3.15. The highest BCUT2D eigenvalue weighted by molar-refractivity contribution is 6.15. The third-order valence-corrected chi connectivity index (χ3v) is 0.910. The smallest absolute Gasteiger partial charge is 0.352 e. The molecule has 0 saturated heterocycles. The lowest BCUT2D eigenvalue weighted by Crippen LogP contribution is -2.15. The molecule has 0 aromatic carbocycles. The molecule has 0 aliphatic heterocycles. The van der Waals surface area contributed by atoms with Gasteiger partial charge in [0.25, 0.3) is 0 Å². The molecule has 0 amide bonds. The highest BCUT2D eigenvalue weighted by Crippen LogP contribution is 1.96. The Morgan fingerprint density at radius 2 is 2.09 bits per heavy atom. The van der Waals surface area contributed by atoms with Crippen LogP contribution in [0.3, 0.4) is 0 Å². The number of rotatable bonds is 3. The molecule has 11 heavy (non-hydrogen) atoms. The van der Waals surface area contributed by atoms with E-state index in [0.717, 1.165) is 0 Å². The Hall–Kier alpha value is -0.540. The van der Waals surface area contributed by atoms with E-state index in [0.29, 0.717) is 12.0 Å². The van der Waals surface area contributed by atoms with E-state index in [1.165, 1.54) is 13.4 Å². The fraction of sp³-hybridized carbons (Fsp3) is 0.571. The fourth-order valence-corrected chi connectivity index (χ4v) is 0.309. The molecule has 0 aromatic heterocycles. The average Bonchev–Trinajstić information content (AvgIpc) is 2.07. The molecule has 0 rings (SSSR count). The van der Waals surface area contributed by atoms with E-state index in [1.54, 1.807) is 0 Å². The Morgan fingerprint density at radius 3 is 2.36 bits per heavy atom. The van der Waals surface area contributed by atoms with E-state index in [4.69, 9.17) is 0 Å². The molecule has 0 aromatic rings. The van der Waals surface area contributed by atoms with Crippen molar-refractivity contribution in [2.75, 3.05) is 13.4 Å². The summed E-state index contributed by atoms with van der Waals surface area (Å²) >= 11 is 4.64. The van der Waals surface area contributed by atoms with Gasteiger partial charge < -0.3 is 4.84 Å². The average molecular weight is 180 g/mol. The van der Waals surface area contributed by atoms with Crippen LogP contribution in [0.5, 0.6) is 0 Å². The van der Waals surface area contributed by atoms with Gasteiger partial charge in [-0.15, -0.1) is 11.6 Å². The summed E-state index contributed by atoms with van der Waals surface area (Å²) in [5, 5.41) is 0. The van der Waals surface area contributed by atoms with Gasteiger partial charge in [0.15, 0.2) is 0 Å². The quantitative estimate of drug-likeness (QED) is 0.405. The first-order valence-corrected chi connectivity index (χ1v) is 3.91. The molecule has 0 aliphatic rings. The second-order valence-electron chi connectivity index (χ2n) is 1.55. The fourth-order valence-electron chi connectivity index (χ4n) is 0.309. The molecule has 66 valence electrons. The number of alkyl halides is 1. The summed E-state index contributed by atoms with van der Waals surface area (Å²) < 4.78 is 0. The predicted octanol–water partition coefficient (Wildman–Crippen LogP) is 1.49. The topological polar surface area (TPSA) is 38.3 Å². The van der Waals surface area contributed by atoms with Crippen LogP contribution >= 0.6 is 11.6 Å². The lowest BCUT2D eigenvalue weighted by Gasteiger charge is -1.99. The molecule has 0 saturated carbocycles. The Bertz CT molecular complexity index is 126. The molecule has 1 N–H and O–H groups in total. The molecule has 0 bridgehead atoms. The third-order valence-electron chi connectivity index (χ3n) is 0.910. The van der Waals surface area contributed by atoms with Crippen molar-refractivity contribution in [3.63, 3.8) is 0 Å². The normalized spacial score (nSPS) is 7.64. The minimum atomic E-state index is -0.389. The van der Waals surface area contributed by atoms with Crippen molar-refractivity contribution in [2.45, 2.75) is 13.3 Å². The number of hydrogen-bond donors (Lipinski definition) is 1. The zero-order valence-corrected chi connectivity index (χ0v) is 7.86. The minimum absolute atomic E-state index is 0.389. The molecular formula is C7H14ClNO2. The summed E-state index contributed by atoms with van der Waals surface area (Å²) in [6.45, 7) is 5.32. The summed E-state index contributed by atoms with van der Waals surface area (Å²) in [4.78, 5) is 15.0. The zero-order chi connectivity index (χ0) is 9.28. The second-order valence-corrected chi connectivity index (χ2v) is 1.55. The van der Waals surface area contributed by atoms with Crippen molar-refractivity contribution in [3.05, 3.63) is 12.2 Å². The van der Waals surface area contributed by atoms with E-state index in [-0.39, 0.29) is 5.97 Å². The van der Waals surface area contributed by atoms with Crippen molar-refractivity contribution < 1.29 is 9.63 Å². The van der Waals surface area contributed by atoms with Crippen LogP contribution < -0.4 is 5.48 Å². The maximum Gasteiger partial charge on any atom is 0.352 e. The van der Waals surface area contributed by atoms with Crippen LogP contribution in [0.25, 0.3) is 0 Å². The Balaban J connectivity index is 0. The molecule has 4 heteroatoms. The zero-order valence-electron chi connectivity index (χ0n) is 7.11. The van der Waals surface area contributed by atoms with Crippen LogP contribution in [0, 0.1) is 0 Å². The maximum atomic E-state index is 10.6. The number of hydroxylamine groups is 1. The van der Waals surface area contributed by atoms with Gasteiger partial charge in [-0.3, -0.25) is 0 Å². The summed E-state index contributed by atoms with van der Waals surface area (Å²) in [7, 11) is 1.53. The molecule has 0 atom stereocenters. The molecular weight excluding hydrogens is 166 g/mol. The largest absolute Gasteiger partial charge is 0.367 e. The molecule has 0 spiro atoms. The Kier molecular flexibility index (Phi) is 11.2. The van der Waals surface area contributed by atoms with Gasteiger partial charge in [0, 0.05) is 19.0 Å². The summed E-state index contributed by atoms with van der Waals surface area (Å²) in [5.41, 5.74) is 2.75. The van der Waals surface area contributed by atoms with Gasteiger partial charge in [-0.1, -0.05) is 13.5 Å². The van der Waals surface area contributed by atoms with Crippen LogP contribution in [-0.4, -0.2) is 19.4 Å². The molecule has 3 nitrogen and oxygen atoms in total. The van der Waals surface area contributed by atoms with Crippen LogP contribution in [0.4, 0.5) is 0 Å². The highest BCUT2D eigenvalue weighted by atomic mass is 35.5. The van der Waals surface area contributed by atoms with Crippen LogP contribution in [-0.2, 0) is 9.63 Å². The van der Waals surface area contributed by atoms with E-state index in [1.807, 2.05) is 6.92 Å². The van der Waals surface area contributed by atoms with E-state index >= 15 is 0 Å². The van der Waals surface area contributed by atoms with Gasteiger partial charge in [0.2, 0.25) is 0 Å². The molecule has 0 aliphatic carbocycles. The van der Waals surface area contributed by atoms with Crippen molar-refractivity contribution >= 4 is 17.6 Å². The maximum absolute atomic E-state index is 10.6. The first kappa shape index (κ1) is 13.1. The van der Waals surface area contributed by atoms with Gasteiger partial charge in [-0.05, 0) is 6.42 Å². The first-order chi connectivity index (χ1) is 5.22. The molecule has 0 radical (unpaired) electrons. The van der Waals surface area contributed by atoms with Crippen molar-refractivity contribution in [3.8, 4) is 0 Å². The predicted molar refractivity (Wildman–Crippen MR) is 46.4 cm³/mol. The SMILES string of the molecule is C=C(CC)C(=O)ONC.CCl. The summed E-state index contributed by atoms with van der Waals surface area (Å²) in [6.07, 6.45) is 2.10. The highest BCUT2D eigenvalue weighted by Gasteiger charge is 2.03. The van der Waals surface area contributed by atoms with Crippen LogP contribution in [0.15, 0.2) is 12.2 Å². The van der Waals surface area contributed by atoms with E-state index in [2.05, 4.69) is 28.5 Å². The standard InChI is InChI=1S/C6H11NO2.CH3Cl/c1-4-5(2)6(8)9-7-3;1-2/h7H,2,4H2,1,3H3;1H3. The summed E-state index contributed by atoms with van der Waals surface area (Å²) in [5.74, 6) is -0.389. The lowest BCUT2D eigenvalue weighted by atomic mass is 10.2. The Morgan fingerprint density at radius 1 is 1.64 bits per heavy atom. The number of carbonyl (C=O) groups excluding carboxylic acids is 1. The lowest BCUT2D eigenvalue weighted by molar-refractivity contribution is -0.145. The summed E-state index contributed by atoms with van der Waals surface area (Å²) in [6, 6.07) is 0. The van der Waals surface area contributed by atoms with Crippen LogP contribution in [0.1, 0.15) is 13.3 Å². The van der Waals surface area contributed by atoms with E-state index < -0.39 is 0 Å². The van der Waals surface area contributed by atoms with Crippen LogP contribution in [0.2, 0.25) is 0 Å². The van der Waals surface area contributed by atoms with Gasteiger partial charge in [-0.2, -0.15) is 5.48 Å². The van der Waals surface area contributed by atoms with Crippen molar-refractivity contribution in [1.82, 2.24) is 5.48 Å². The number of nitrogens with one attached hydrogen (secondary N) is 1. The number of halogens is 1. The monoisotopic (exact) mass is 179 g/mol. The van der Waals surface area contributed by atoms with Crippen molar-refractivity contribution in [2.24, 2.45) is 0 Å². The van der Waals surface area contributed by atoms with E-state index in [9.17, 15) is 4.79 Å².